The molecule has 0 aliphatic heterocycles. The van der Waals surface area contributed by atoms with Crippen molar-refractivity contribution in [1.82, 2.24) is 0 Å². The molecule has 0 saturated heterocycles. The fourth-order valence-corrected chi connectivity index (χ4v) is 2.97. The zero-order valence-corrected chi connectivity index (χ0v) is 16.5. The van der Waals surface area contributed by atoms with Gasteiger partial charge in [-0.3, -0.25) is 9.59 Å². The molecule has 2 amide bonds. The fourth-order valence-electron chi connectivity index (χ4n) is 2.80. The summed E-state index contributed by atoms with van der Waals surface area (Å²) in [5.41, 5.74) is 2.93. The Hall–Kier alpha value is -3.05. The topological polar surface area (TPSA) is 71.3 Å². The zero-order valence-electron chi connectivity index (χ0n) is 15.7. The molecule has 3 rings (SSSR count). The zero-order chi connectivity index (χ0) is 20.1. The summed E-state index contributed by atoms with van der Waals surface area (Å²) in [5.74, 6) is 0.335. The van der Waals surface area contributed by atoms with E-state index in [0.717, 1.165) is 17.5 Å². The van der Waals surface area contributed by atoms with E-state index in [2.05, 4.69) is 10.6 Å². The maximum atomic E-state index is 12.5. The standard InChI is InChI=1S/C22H21ClN2O3/c1-3-6-21(26)24-15-7-4-8-16(13-15)25-22(27)20-12-11-19(28-20)17-9-5-10-18(23)14(17)2/h4-5,7-13H,3,6H2,1-2H3,(H,24,26)(H,25,27). The highest BCUT2D eigenvalue weighted by Crippen LogP contribution is 2.30. The smallest absolute Gasteiger partial charge is 0.291 e. The van der Waals surface area contributed by atoms with E-state index >= 15 is 0 Å². The van der Waals surface area contributed by atoms with E-state index < -0.39 is 0 Å². The van der Waals surface area contributed by atoms with Crippen molar-refractivity contribution in [2.24, 2.45) is 0 Å². The van der Waals surface area contributed by atoms with E-state index in [1.54, 1.807) is 36.4 Å². The van der Waals surface area contributed by atoms with Gasteiger partial charge in [-0.2, -0.15) is 0 Å². The highest BCUT2D eigenvalue weighted by atomic mass is 35.5. The van der Waals surface area contributed by atoms with Gasteiger partial charge in [-0.25, -0.2) is 0 Å². The number of hydrogen-bond donors (Lipinski definition) is 2. The lowest BCUT2D eigenvalue weighted by atomic mass is 10.1. The summed E-state index contributed by atoms with van der Waals surface area (Å²) >= 11 is 6.16. The number of hydrogen-bond acceptors (Lipinski definition) is 3. The molecule has 0 fully saturated rings. The van der Waals surface area contributed by atoms with Crippen LogP contribution in [-0.4, -0.2) is 11.8 Å². The summed E-state index contributed by atoms with van der Waals surface area (Å²) in [6, 6.07) is 15.9. The Labute approximate surface area is 168 Å². The summed E-state index contributed by atoms with van der Waals surface area (Å²) in [6.07, 6.45) is 1.23. The Balaban J connectivity index is 1.73. The van der Waals surface area contributed by atoms with Gasteiger partial charge in [-0.15, -0.1) is 0 Å². The summed E-state index contributed by atoms with van der Waals surface area (Å²) in [6.45, 7) is 3.84. The predicted molar refractivity (Wildman–Crippen MR) is 112 cm³/mol. The van der Waals surface area contributed by atoms with Gasteiger partial charge in [-0.1, -0.05) is 36.7 Å². The number of carbonyl (C=O) groups excluding carboxylic acids is 2. The minimum absolute atomic E-state index is 0.0569. The minimum atomic E-state index is -0.372. The van der Waals surface area contributed by atoms with Crippen LogP contribution < -0.4 is 10.6 Å². The second-order valence-electron chi connectivity index (χ2n) is 6.41. The number of benzene rings is 2. The third kappa shape index (κ3) is 4.61. The first-order chi connectivity index (χ1) is 13.5. The fraction of sp³-hybridized carbons (Fsp3) is 0.182. The normalized spacial score (nSPS) is 10.5. The average Bonchev–Trinajstić information content (AvgIpc) is 3.14. The Morgan fingerprint density at radius 2 is 1.71 bits per heavy atom. The highest BCUT2D eigenvalue weighted by Gasteiger charge is 2.15. The number of amides is 2. The van der Waals surface area contributed by atoms with Gasteiger partial charge >= 0.3 is 0 Å². The van der Waals surface area contributed by atoms with Crippen molar-refractivity contribution in [2.45, 2.75) is 26.7 Å². The highest BCUT2D eigenvalue weighted by molar-refractivity contribution is 6.31. The quantitative estimate of drug-likeness (QED) is 0.544. The third-order valence-electron chi connectivity index (χ3n) is 4.24. The predicted octanol–water partition coefficient (Wildman–Crippen LogP) is 5.90. The van der Waals surface area contributed by atoms with Gasteiger partial charge in [0.2, 0.25) is 5.91 Å². The largest absolute Gasteiger partial charge is 0.451 e. The van der Waals surface area contributed by atoms with Crippen LogP contribution in [-0.2, 0) is 4.79 Å². The molecule has 0 spiro atoms. The van der Waals surface area contributed by atoms with Gasteiger partial charge in [0.25, 0.3) is 5.91 Å². The van der Waals surface area contributed by atoms with Crippen molar-refractivity contribution in [3.63, 3.8) is 0 Å². The molecule has 28 heavy (non-hydrogen) atoms. The van der Waals surface area contributed by atoms with Crippen molar-refractivity contribution >= 4 is 34.8 Å². The lowest BCUT2D eigenvalue weighted by Gasteiger charge is -2.08. The van der Waals surface area contributed by atoms with Gasteiger partial charge in [0.15, 0.2) is 5.76 Å². The summed E-state index contributed by atoms with van der Waals surface area (Å²) in [4.78, 5) is 24.3. The van der Waals surface area contributed by atoms with Crippen LogP contribution >= 0.6 is 11.6 Å². The summed E-state index contributed by atoms with van der Waals surface area (Å²) in [7, 11) is 0. The number of rotatable bonds is 6. The Morgan fingerprint density at radius 1 is 1.00 bits per heavy atom. The lowest BCUT2D eigenvalue weighted by molar-refractivity contribution is -0.116. The minimum Gasteiger partial charge on any atom is -0.451 e. The van der Waals surface area contributed by atoms with Gasteiger partial charge in [0.1, 0.15) is 5.76 Å². The van der Waals surface area contributed by atoms with Gasteiger partial charge in [-0.05, 0) is 55.3 Å². The lowest BCUT2D eigenvalue weighted by Crippen LogP contribution is -2.13. The molecule has 2 N–H and O–H groups in total. The molecule has 0 radical (unpaired) electrons. The van der Waals surface area contributed by atoms with E-state index in [0.29, 0.717) is 28.6 Å². The van der Waals surface area contributed by atoms with Crippen molar-refractivity contribution < 1.29 is 14.0 Å². The third-order valence-corrected chi connectivity index (χ3v) is 4.65. The molecule has 2 aromatic carbocycles. The first-order valence-corrected chi connectivity index (χ1v) is 9.42. The molecule has 0 atom stereocenters. The van der Waals surface area contributed by atoms with Crippen LogP contribution in [0, 0.1) is 6.92 Å². The summed E-state index contributed by atoms with van der Waals surface area (Å²) < 4.78 is 5.73. The molecule has 0 aliphatic rings. The molecule has 144 valence electrons. The van der Waals surface area contributed by atoms with Crippen LogP contribution in [0.25, 0.3) is 11.3 Å². The monoisotopic (exact) mass is 396 g/mol. The molecule has 0 saturated carbocycles. The van der Waals surface area contributed by atoms with E-state index in [9.17, 15) is 9.59 Å². The van der Waals surface area contributed by atoms with E-state index in [1.807, 2.05) is 32.0 Å². The molecule has 6 heteroatoms. The molecule has 1 aromatic heterocycles. The maximum absolute atomic E-state index is 12.5. The van der Waals surface area contributed by atoms with Crippen molar-refractivity contribution in [1.29, 1.82) is 0 Å². The molecule has 0 aliphatic carbocycles. The Kier molecular flexibility index (Phi) is 6.16. The molecular formula is C22H21ClN2O3. The van der Waals surface area contributed by atoms with Crippen LogP contribution in [0.3, 0.4) is 0 Å². The number of nitrogens with one attached hydrogen (secondary N) is 2. The van der Waals surface area contributed by atoms with Gasteiger partial charge in [0.05, 0.1) is 0 Å². The Morgan fingerprint density at radius 3 is 2.46 bits per heavy atom. The first-order valence-electron chi connectivity index (χ1n) is 9.04. The first kappa shape index (κ1) is 19.7. The van der Waals surface area contributed by atoms with Crippen LogP contribution in [0.15, 0.2) is 59.0 Å². The molecule has 5 nitrogen and oxygen atoms in total. The van der Waals surface area contributed by atoms with E-state index in [-0.39, 0.29) is 17.6 Å². The second-order valence-corrected chi connectivity index (χ2v) is 6.82. The molecule has 0 bridgehead atoms. The number of carbonyl (C=O) groups is 2. The van der Waals surface area contributed by atoms with E-state index in [1.165, 1.54) is 0 Å². The Bertz CT molecular complexity index is 1010. The van der Waals surface area contributed by atoms with Gasteiger partial charge in [0, 0.05) is 28.4 Å². The second kappa shape index (κ2) is 8.76. The molecule has 3 aromatic rings. The van der Waals surface area contributed by atoms with Crippen LogP contribution in [0.2, 0.25) is 5.02 Å². The summed E-state index contributed by atoms with van der Waals surface area (Å²) in [5, 5.41) is 6.23. The number of anilines is 2. The van der Waals surface area contributed by atoms with Crippen LogP contribution in [0.4, 0.5) is 11.4 Å². The molecule has 1 heterocycles. The van der Waals surface area contributed by atoms with Crippen molar-refractivity contribution in [2.75, 3.05) is 10.6 Å². The van der Waals surface area contributed by atoms with Gasteiger partial charge < -0.3 is 15.1 Å². The van der Waals surface area contributed by atoms with Crippen molar-refractivity contribution in [3.05, 3.63) is 70.9 Å². The molecular weight excluding hydrogens is 376 g/mol. The molecule has 0 unspecified atom stereocenters. The van der Waals surface area contributed by atoms with Crippen LogP contribution in [0.5, 0.6) is 0 Å². The maximum Gasteiger partial charge on any atom is 0.291 e. The SMILES string of the molecule is CCCC(=O)Nc1cccc(NC(=O)c2ccc(-c3cccc(Cl)c3C)o2)c1. The average molecular weight is 397 g/mol. The number of furan rings is 1. The van der Waals surface area contributed by atoms with E-state index in [4.69, 9.17) is 16.0 Å². The van der Waals surface area contributed by atoms with Crippen molar-refractivity contribution in [3.8, 4) is 11.3 Å². The number of halogens is 1. The van der Waals surface area contributed by atoms with Crippen LogP contribution in [0.1, 0.15) is 35.9 Å².